The second kappa shape index (κ2) is 11.2. The Balaban J connectivity index is 1.68. The molecule has 2 fully saturated rings. The summed E-state index contributed by atoms with van der Waals surface area (Å²) in [5, 5.41) is -0.729. The van der Waals surface area contributed by atoms with Gasteiger partial charge in [0.05, 0.1) is 52.3 Å². The molecule has 3 atom stereocenters. The smallest absolute Gasteiger partial charge is 0.383 e. The predicted molar refractivity (Wildman–Crippen MR) is 158 cm³/mol. The number of hydrogen-bond donors (Lipinski definition) is 0. The highest BCUT2D eigenvalue weighted by molar-refractivity contribution is 7.99. The van der Waals surface area contributed by atoms with Crippen molar-refractivity contribution in [1.29, 1.82) is 0 Å². The van der Waals surface area contributed by atoms with Crippen molar-refractivity contribution in [3.63, 3.8) is 0 Å². The van der Waals surface area contributed by atoms with Crippen LogP contribution in [0.1, 0.15) is 11.6 Å². The van der Waals surface area contributed by atoms with Gasteiger partial charge in [-0.05, 0) is 18.2 Å². The Kier molecular flexibility index (Phi) is 7.93. The van der Waals surface area contributed by atoms with Crippen molar-refractivity contribution in [3.05, 3.63) is 63.6 Å². The first-order valence-corrected chi connectivity index (χ1v) is 16.7. The standard InChI is InChI=1S/C28H24ClF5N4O5S2/c1-3-22(39)36-4-5-37(21-12-45(41,42)11-20(21)36)26-15-6-16(28(32,33)34)23(14-7-17(29)19(31)8-18(14)30)25-24(15)38(27(40)35-26)13(9-43-2)10-44-25/h3,6-8,13,20-21H,1,4-5,9-12H2,2H3/t13-,20-,21+/m0/s1. The Morgan fingerprint density at radius 2 is 1.89 bits per heavy atom. The molecule has 3 aromatic rings. The summed E-state index contributed by atoms with van der Waals surface area (Å²) >= 11 is 6.84. The Bertz CT molecular complexity index is 1940. The Morgan fingerprint density at radius 3 is 2.56 bits per heavy atom. The van der Waals surface area contributed by atoms with Crippen LogP contribution >= 0.6 is 23.4 Å². The summed E-state index contributed by atoms with van der Waals surface area (Å²) in [7, 11) is -2.29. The van der Waals surface area contributed by atoms with Crippen molar-refractivity contribution in [3.8, 4) is 11.1 Å². The fourth-order valence-electron chi connectivity index (χ4n) is 6.44. The number of ether oxygens (including phenoxy) is 1. The molecule has 0 radical (unpaired) electrons. The van der Waals surface area contributed by atoms with Gasteiger partial charge in [-0.2, -0.15) is 18.2 Å². The van der Waals surface area contributed by atoms with Crippen LogP contribution in [0.5, 0.6) is 0 Å². The van der Waals surface area contributed by atoms with Gasteiger partial charge in [-0.1, -0.05) is 18.2 Å². The number of piperazine rings is 1. The van der Waals surface area contributed by atoms with E-state index in [0.717, 1.165) is 30.0 Å². The molecule has 6 rings (SSSR count). The summed E-state index contributed by atoms with van der Waals surface area (Å²) < 4.78 is 106. The lowest BCUT2D eigenvalue weighted by molar-refractivity contribution is -0.137. The zero-order valence-electron chi connectivity index (χ0n) is 23.4. The maximum atomic E-state index is 15.2. The minimum atomic E-state index is -5.07. The molecular weight excluding hydrogens is 667 g/mol. The second-order valence-electron chi connectivity index (χ2n) is 10.9. The Morgan fingerprint density at radius 1 is 1.18 bits per heavy atom. The van der Waals surface area contributed by atoms with E-state index in [-0.39, 0.29) is 52.8 Å². The molecule has 0 unspecified atom stereocenters. The van der Waals surface area contributed by atoms with Crippen LogP contribution in [0.4, 0.5) is 27.8 Å². The number of sulfone groups is 1. The molecule has 45 heavy (non-hydrogen) atoms. The van der Waals surface area contributed by atoms with Crippen LogP contribution < -0.4 is 10.6 Å². The lowest BCUT2D eigenvalue weighted by atomic mass is 9.95. The molecule has 17 heteroatoms. The minimum Gasteiger partial charge on any atom is -0.383 e. The van der Waals surface area contributed by atoms with E-state index in [1.165, 1.54) is 21.5 Å². The van der Waals surface area contributed by atoms with Crippen LogP contribution in [-0.4, -0.2) is 84.9 Å². The van der Waals surface area contributed by atoms with Gasteiger partial charge >= 0.3 is 11.9 Å². The molecule has 3 aliphatic rings. The van der Waals surface area contributed by atoms with Crippen molar-refractivity contribution in [2.24, 2.45) is 0 Å². The summed E-state index contributed by atoms with van der Waals surface area (Å²) in [4.78, 5) is 33.2. The molecule has 0 aliphatic carbocycles. The highest BCUT2D eigenvalue weighted by Crippen LogP contribution is 2.51. The minimum absolute atomic E-state index is 0.000842. The van der Waals surface area contributed by atoms with Gasteiger partial charge in [0.2, 0.25) is 5.91 Å². The van der Waals surface area contributed by atoms with E-state index < -0.39 is 84.8 Å². The van der Waals surface area contributed by atoms with E-state index in [2.05, 4.69) is 11.6 Å². The van der Waals surface area contributed by atoms with Crippen LogP contribution in [0.15, 0.2) is 40.5 Å². The molecule has 0 N–H and O–H groups in total. The van der Waals surface area contributed by atoms with E-state index in [0.29, 0.717) is 6.07 Å². The number of amides is 1. The molecule has 1 amide bonds. The third-order valence-electron chi connectivity index (χ3n) is 8.28. The summed E-state index contributed by atoms with van der Waals surface area (Å²) in [5.41, 5.74) is -3.35. The number of hydrogen-bond acceptors (Lipinski definition) is 8. The van der Waals surface area contributed by atoms with Gasteiger partial charge in [0, 0.05) is 53.4 Å². The highest BCUT2D eigenvalue weighted by atomic mass is 35.5. The number of nitrogens with zero attached hydrogens (tertiary/aromatic N) is 4. The van der Waals surface area contributed by atoms with Crippen LogP contribution in [0.25, 0.3) is 22.0 Å². The number of alkyl halides is 3. The zero-order valence-corrected chi connectivity index (χ0v) is 25.8. The van der Waals surface area contributed by atoms with Gasteiger partial charge in [0.25, 0.3) is 0 Å². The highest BCUT2D eigenvalue weighted by Gasteiger charge is 2.49. The SMILES string of the molecule is C=CC(=O)N1CCN(c2nc(=O)n3c4c(c(-c5cc(Cl)c(F)cc5F)c(C(F)(F)F)cc24)SC[C@@H]3COC)[C@@H]2CS(=O)(=O)C[C@@H]21. The van der Waals surface area contributed by atoms with Crippen molar-refractivity contribution in [2.75, 3.05) is 49.0 Å². The van der Waals surface area contributed by atoms with Gasteiger partial charge in [-0.3, -0.25) is 9.36 Å². The van der Waals surface area contributed by atoms with Crippen molar-refractivity contribution in [1.82, 2.24) is 14.5 Å². The molecule has 240 valence electrons. The van der Waals surface area contributed by atoms with Crippen LogP contribution in [0, 0.1) is 11.6 Å². The summed E-state index contributed by atoms with van der Waals surface area (Å²) in [6.07, 6.45) is -4.01. The van der Waals surface area contributed by atoms with Crippen LogP contribution in [0.3, 0.4) is 0 Å². The lowest BCUT2D eigenvalue weighted by Gasteiger charge is -2.44. The van der Waals surface area contributed by atoms with Gasteiger partial charge in [-0.15, -0.1) is 11.8 Å². The third-order valence-corrected chi connectivity index (χ3v) is 11.5. The molecular formula is C28H24ClF5N4O5S2. The Hall–Kier alpha value is -3.21. The molecule has 0 spiro atoms. The van der Waals surface area contributed by atoms with Crippen LogP contribution in [0.2, 0.25) is 5.02 Å². The number of fused-ring (bicyclic) bond motifs is 1. The van der Waals surface area contributed by atoms with Crippen molar-refractivity contribution < 1.29 is 39.9 Å². The monoisotopic (exact) mass is 690 g/mol. The molecule has 2 saturated heterocycles. The first-order chi connectivity index (χ1) is 21.2. The number of carbonyl (C=O) groups is 1. The number of halogens is 6. The zero-order chi connectivity index (χ0) is 32.6. The van der Waals surface area contributed by atoms with E-state index in [9.17, 15) is 35.6 Å². The molecule has 0 bridgehead atoms. The summed E-state index contributed by atoms with van der Waals surface area (Å²) in [5.74, 6) is -3.90. The average molecular weight is 691 g/mol. The number of aromatic nitrogens is 2. The first kappa shape index (κ1) is 31.8. The van der Waals surface area contributed by atoms with E-state index in [4.69, 9.17) is 16.3 Å². The maximum absolute atomic E-state index is 15.2. The average Bonchev–Trinajstić information content (AvgIpc) is 3.30. The molecule has 4 heterocycles. The topological polar surface area (TPSA) is 102 Å². The fraction of sp³-hybridized carbons (Fsp3) is 0.393. The first-order valence-electron chi connectivity index (χ1n) is 13.5. The molecule has 0 saturated carbocycles. The van der Waals surface area contributed by atoms with Gasteiger partial charge in [-0.25, -0.2) is 22.0 Å². The molecule has 9 nitrogen and oxygen atoms in total. The number of benzene rings is 2. The van der Waals surface area contributed by atoms with Crippen molar-refractivity contribution in [2.45, 2.75) is 29.2 Å². The third kappa shape index (κ3) is 5.28. The number of carbonyl (C=O) groups excluding carboxylic acids is 1. The van der Waals surface area contributed by atoms with Gasteiger partial charge in [0.15, 0.2) is 9.84 Å². The van der Waals surface area contributed by atoms with E-state index >= 15 is 4.39 Å². The Labute approximate surface area is 262 Å². The largest absolute Gasteiger partial charge is 0.417 e. The van der Waals surface area contributed by atoms with E-state index in [1.54, 1.807) is 0 Å². The van der Waals surface area contributed by atoms with Crippen LogP contribution in [-0.2, 0) is 25.5 Å². The summed E-state index contributed by atoms with van der Waals surface area (Å²) in [6.45, 7) is 3.42. The maximum Gasteiger partial charge on any atom is 0.417 e. The van der Waals surface area contributed by atoms with Crippen molar-refractivity contribution >= 4 is 55.8 Å². The fourth-order valence-corrected chi connectivity index (χ4v) is 9.90. The number of thioether (sulfide) groups is 1. The van der Waals surface area contributed by atoms with Gasteiger partial charge in [0.1, 0.15) is 17.5 Å². The molecule has 3 aliphatic heterocycles. The second-order valence-corrected chi connectivity index (χ2v) is 14.5. The quantitative estimate of drug-likeness (QED) is 0.222. The normalized spacial score (nSPS) is 22.5. The summed E-state index contributed by atoms with van der Waals surface area (Å²) in [6, 6.07) is -0.542. The lowest BCUT2D eigenvalue weighted by Crippen LogP contribution is -2.61. The number of methoxy groups -OCH3 is 1. The van der Waals surface area contributed by atoms with E-state index in [1.807, 2.05) is 0 Å². The molecule has 2 aromatic carbocycles. The van der Waals surface area contributed by atoms with Gasteiger partial charge < -0.3 is 14.5 Å². The molecule has 1 aromatic heterocycles. The number of anilines is 1. The number of rotatable bonds is 5. The predicted octanol–water partition coefficient (Wildman–Crippen LogP) is 4.31.